The van der Waals surface area contributed by atoms with Gasteiger partial charge in [0.25, 0.3) is 0 Å². The van der Waals surface area contributed by atoms with Crippen LogP contribution in [0.3, 0.4) is 0 Å². The third-order valence-corrected chi connectivity index (χ3v) is 5.19. The molecule has 2 heterocycles. The van der Waals surface area contributed by atoms with Gasteiger partial charge in [0.1, 0.15) is 0 Å². The van der Waals surface area contributed by atoms with Gasteiger partial charge in [0, 0.05) is 18.6 Å². The van der Waals surface area contributed by atoms with Crippen molar-refractivity contribution in [2.75, 3.05) is 19.6 Å². The molecule has 3 heteroatoms. The molecule has 0 spiro atoms. The Morgan fingerprint density at radius 2 is 2.30 bits per heavy atom. The molecule has 2 nitrogen and oxygen atoms in total. The van der Waals surface area contributed by atoms with Crippen molar-refractivity contribution < 1.29 is 0 Å². The van der Waals surface area contributed by atoms with E-state index in [4.69, 9.17) is 0 Å². The van der Waals surface area contributed by atoms with Crippen molar-refractivity contribution >= 4 is 11.3 Å². The molecule has 1 aromatic heterocycles. The molecule has 0 radical (unpaired) electrons. The molecule has 1 N–H and O–H groups in total. The summed E-state index contributed by atoms with van der Waals surface area (Å²) in [5, 5.41) is 8.27. The van der Waals surface area contributed by atoms with Crippen molar-refractivity contribution in [3.8, 4) is 0 Å². The summed E-state index contributed by atoms with van der Waals surface area (Å²) in [5.74, 6) is 0.820. The lowest BCUT2D eigenvalue weighted by atomic mass is 9.90. The van der Waals surface area contributed by atoms with Crippen LogP contribution in [0.25, 0.3) is 0 Å². The summed E-state index contributed by atoms with van der Waals surface area (Å²) in [7, 11) is 0. The number of rotatable bonds is 7. The fourth-order valence-electron chi connectivity index (χ4n) is 3.42. The zero-order valence-electron chi connectivity index (χ0n) is 13.3. The molecular weight excluding hydrogens is 264 g/mol. The lowest BCUT2D eigenvalue weighted by Crippen LogP contribution is -2.47. The minimum atomic E-state index is 0.571. The fourth-order valence-corrected chi connectivity index (χ4v) is 4.11. The summed E-state index contributed by atoms with van der Waals surface area (Å²) >= 11 is 1.80. The Bertz CT molecular complexity index is 361. The van der Waals surface area contributed by atoms with Gasteiger partial charge in [-0.3, -0.25) is 0 Å². The molecule has 0 aromatic carbocycles. The minimum Gasteiger partial charge on any atom is -0.311 e. The van der Waals surface area contributed by atoms with Crippen LogP contribution in [0, 0.1) is 5.92 Å². The second-order valence-corrected chi connectivity index (χ2v) is 7.18. The first-order chi connectivity index (χ1) is 9.69. The second-order valence-electron chi connectivity index (χ2n) is 6.40. The highest BCUT2D eigenvalue weighted by molar-refractivity contribution is 7.07. The van der Waals surface area contributed by atoms with E-state index in [1.807, 2.05) is 0 Å². The molecule has 1 saturated heterocycles. The van der Waals surface area contributed by atoms with Crippen molar-refractivity contribution in [3.05, 3.63) is 22.4 Å². The van der Waals surface area contributed by atoms with Crippen LogP contribution in [0.2, 0.25) is 0 Å². The highest BCUT2D eigenvalue weighted by Crippen LogP contribution is 2.20. The molecule has 1 aliphatic rings. The molecule has 0 bridgehead atoms. The van der Waals surface area contributed by atoms with Crippen molar-refractivity contribution in [3.63, 3.8) is 0 Å². The van der Waals surface area contributed by atoms with E-state index in [1.54, 1.807) is 11.3 Å². The lowest BCUT2D eigenvalue weighted by Gasteiger charge is -2.37. The van der Waals surface area contributed by atoms with Gasteiger partial charge in [-0.05, 0) is 80.9 Å². The predicted molar refractivity (Wildman–Crippen MR) is 89.5 cm³/mol. The van der Waals surface area contributed by atoms with Gasteiger partial charge >= 0.3 is 0 Å². The molecule has 2 rings (SSSR count). The zero-order valence-corrected chi connectivity index (χ0v) is 14.1. The number of thiophene rings is 1. The van der Waals surface area contributed by atoms with E-state index in [9.17, 15) is 0 Å². The first-order valence-electron chi connectivity index (χ1n) is 8.18. The molecule has 0 aliphatic carbocycles. The molecule has 3 unspecified atom stereocenters. The second kappa shape index (κ2) is 8.16. The van der Waals surface area contributed by atoms with Crippen LogP contribution < -0.4 is 5.32 Å². The van der Waals surface area contributed by atoms with E-state index >= 15 is 0 Å². The topological polar surface area (TPSA) is 15.3 Å². The van der Waals surface area contributed by atoms with Crippen LogP contribution in [0.1, 0.15) is 45.6 Å². The van der Waals surface area contributed by atoms with E-state index in [0.29, 0.717) is 12.1 Å². The quantitative estimate of drug-likeness (QED) is 0.823. The summed E-state index contributed by atoms with van der Waals surface area (Å²) in [4.78, 5) is 2.65. The smallest absolute Gasteiger partial charge is 0.00820 e. The Morgan fingerprint density at radius 3 is 3.00 bits per heavy atom. The highest BCUT2D eigenvalue weighted by Gasteiger charge is 2.24. The van der Waals surface area contributed by atoms with Gasteiger partial charge in [-0.2, -0.15) is 11.3 Å². The maximum absolute atomic E-state index is 3.83. The molecule has 0 amide bonds. The van der Waals surface area contributed by atoms with Crippen molar-refractivity contribution in [2.24, 2.45) is 5.92 Å². The number of hydrogen-bond acceptors (Lipinski definition) is 3. The number of hydrogen-bond donors (Lipinski definition) is 1. The number of piperidine rings is 1. The SMILES string of the molecule is CCCN1CCCC(C(C)NC(C)Cc2ccsc2)C1. The van der Waals surface area contributed by atoms with Crippen LogP contribution >= 0.6 is 11.3 Å². The lowest BCUT2D eigenvalue weighted by molar-refractivity contribution is 0.147. The Hall–Kier alpha value is -0.380. The molecule has 1 fully saturated rings. The van der Waals surface area contributed by atoms with E-state index in [-0.39, 0.29) is 0 Å². The van der Waals surface area contributed by atoms with Crippen LogP contribution in [-0.4, -0.2) is 36.6 Å². The Labute approximate surface area is 128 Å². The summed E-state index contributed by atoms with van der Waals surface area (Å²) in [6.45, 7) is 10.8. The Kier molecular flexibility index (Phi) is 6.53. The molecule has 1 aliphatic heterocycles. The number of nitrogens with one attached hydrogen (secondary N) is 1. The van der Waals surface area contributed by atoms with E-state index in [0.717, 1.165) is 12.3 Å². The monoisotopic (exact) mass is 294 g/mol. The molecule has 114 valence electrons. The zero-order chi connectivity index (χ0) is 14.4. The van der Waals surface area contributed by atoms with Crippen molar-refractivity contribution in [1.29, 1.82) is 0 Å². The summed E-state index contributed by atoms with van der Waals surface area (Å²) < 4.78 is 0. The van der Waals surface area contributed by atoms with E-state index < -0.39 is 0 Å². The summed E-state index contributed by atoms with van der Waals surface area (Å²) in [6.07, 6.45) is 5.19. The van der Waals surface area contributed by atoms with Gasteiger partial charge in [-0.1, -0.05) is 6.92 Å². The molecule has 3 atom stereocenters. The first kappa shape index (κ1) is 16.0. The highest BCUT2D eigenvalue weighted by atomic mass is 32.1. The van der Waals surface area contributed by atoms with Crippen molar-refractivity contribution in [2.45, 2.75) is 58.5 Å². The normalized spacial score (nSPS) is 23.6. The standard InChI is InChI=1S/C17H30N2S/c1-4-8-19-9-5-6-17(12-19)15(3)18-14(2)11-16-7-10-20-13-16/h7,10,13-15,17-18H,4-6,8-9,11-12H2,1-3H3. The van der Waals surface area contributed by atoms with Gasteiger partial charge in [0.2, 0.25) is 0 Å². The largest absolute Gasteiger partial charge is 0.311 e. The fraction of sp³-hybridized carbons (Fsp3) is 0.765. The van der Waals surface area contributed by atoms with Crippen LogP contribution in [0.4, 0.5) is 0 Å². The van der Waals surface area contributed by atoms with Gasteiger partial charge in [0.15, 0.2) is 0 Å². The third-order valence-electron chi connectivity index (χ3n) is 4.46. The van der Waals surface area contributed by atoms with Crippen LogP contribution in [-0.2, 0) is 6.42 Å². The van der Waals surface area contributed by atoms with Gasteiger partial charge in [0.05, 0.1) is 0 Å². The van der Waals surface area contributed by atoms with Gasteiger partial charge in [-0.25, -0.2) is 0 Å². The van der Waals surface area contributed by atoms with Gasteiger partial charge in [-0.15, -0.1) is 0 Å². The third kappa shape index (κ3) is 4.87. The summed E-state index contributed by atoms with van der Waals surface area (Å²) in [5.41, 5.74) is 1.47. The summed E-state index contributed by atoms with van der Waals surface area (Å²) in [6, 6.07) is 3.45. The van der Waals surface area contributed by atoms with E-state index in [1.165, 1.54) is 44.5 Å². The van der Waals surface area contributed by atoms with E-state index in [2.05, 4.69) is 47.8 Å². The molecule has 1 aromatic rings. The molecule has 0 saturated carbocycles. The van der Waals surface area contributed by atoms with Crippen LogP contribution in [0.5, 0.6) is 0 Å². The average Bonchev–Trinajstić information content (AvgIpc) is 2.92. The number of nitrogens with zero attached hydrogens (tertiary/aromatic N) is 1. The minimum absolute atomic E-state index is 0.571. The Balaban J connectivity index is 1.76. The maximum Gasteiger partial charge on any atom is 0.00820 e. The predicted octanol–water partition coefficient (Wildman–Crippen LogP) is 3.78. The first-order valence-corrected chi connectivity index (χ1v) is 9.12. The molecular formula is C17H30N2S. The van der Waals surface area contributed by atoms with Crippen LogP contribution in [0.15, 0.2) is 16.8 Å². The van der Waals surface area contributed by atoms with Gasteiger partial charge < -0.3 is 10.2 Å². The molecule has 20 heavy (non-hydrogen) atoms. The van der Waals surface area contributed by atoms with Crippen molar-refractivity contribution in [1.82, 2.24) is 10.2 Å². The average molecular weight is 295 g/mol. The number of likely N-dealkylation sites (tertiary alicyclic amines) is 1. The Morgan fingerprint density at radius 1 is 1.45 bits per heavy atom. The maximum atomic E-state index is 3.83.